The molecule has 1 heterocycles. The SMILES string of the molecule is Cc1c(CN)cnc(C(F)F)c1[N+](=O)[O-]. The molecule has 0 radical (unpaired) electrons. The summed E-state index contributed by atoms with van der Waals surface area (Å²) in [6.45, 7) is 1.41. The zero-order valence-electron chi connectivity index (χ0n) is 7.91. The largest absolute Gasteiger partial charge is 0.326 e. The summed E-state index contributed by atoms with van der Waals surface area (Å²) in [4.78, 5) is 13.1. The van der Waals surface area contributed by atoms with Crippen LogP contribution in [0.4, 0.5) is 14.5 Å². The van der Waals surface area contributed by atoms with Crippen LogP contribution in [0.1, 0.15) is 23.2 Å². The van der Waals surface area contributed by atoms with E-state index in [9.17, 15) is 18.9 Å². The molecule has 1 rings (SSSR count). The number of nitrogens with zero attached hydrogens (tertiary/aromatic N) is 2. The number of aromatic nitrogens is 1. The van der Waals surface area contributed by atoms with Crippen molar-refractivity contribution in [1.29, 1.82) is 0 Å². The van der Waals surface area contributed by atoms with Crippen LogP contribution in [0.25, 0.3) is 0 Å². The molecule has 82 valence electrons. The van der Waals surface area contributed by atoms with Gasteiger partial charge in [-0.25, -0.2) is 13.8 Å². The van der Waals surface area contributed by atoms with E-state index in [1.54, 1.807) is 0 Å². The Labute approximate surface area is 84.1 Å². The molecule has 2 N–H and O–H groups in total. The van der Waals surface area contributed by atoms with Crippen molar-refractivity contribution >= 4 is 5.69 Å². The number of hydrogen-bond acceptors (Lipinski definition) is 4. The van der Waals surface area contributed by atoms with Crippen LogP contribution in [0.2, 0.25) is 0 Å². The van der Waals surface area contributed by atoms with Crippen LogP contribution in [0.5, 0.6) is 0 Å². The van der Waals surface area contributed by atoms with Gasteiger partial charge in [0, 0.05) is 18.3 Å². The van der Waals surface area contributed by atoms with Gasteiger partial charge in [-0.15, -0.1) is 0 Å². The van der Waals surface area contributed by atoms with Crippen LogP contribution in [-0.4, -0.2) is 9.91 Å². The second-order valence-corrected chi connectivity index (χ2v) is 2.90. The van der Waals surface area contributed by atoms with Gasteiger partial charge in [-0.2, -0.15) is 0 Å². The van der Waals surface area contributed by atoms with E-state index in [1.807, 2.05) is 0 Å². The van der Waals surface area contributed by atoms with E-state index in [4.69, 9.17) is 5.73 Å². The highest BCUT2D eigenvalue weighted by atomic mass is 19.3. The third kappa shape index (κ3) is 2.07. The molecule has 0 spiro atoms. The summed E-state index contributed by atoms with van der Waals surface area (Å²) in [5.41, 5.74) is 4.38. The zero-order valence-corrected chi connectivity index (χ0v) is 7.91. The number of pyridine rings is 1. The Kier molecular flexibility index (Phi) is 3.25. The van der Waals surface area contributed by atoms with Crippen molar-refractivity contribution in [3.63, 3.8) is 0 Å². The first-order valence-corrected chi connectivity index (χ1v) is 4.10. The molecule has 0 fully saturated rings. The quantitative estimate of drug-likeness (QED) is 0.617. The minimum Gasteiger partial charge on any atom is -0.326 e. The molecule has 0 aromatic carbocycles. The monoisotopic (exact) mass is 217 g/mol. The Morgan fingerprint density at radius 2 is 2.27 bits per heavy atom. The number of nitrogens with two attached hydrogens (primary N) is 1. The number of hydrogen-bond donors (Lipinski definition) is 1. The molecule has 1 aromatic rings. The fraction of sp³-hybridized carbons (Fsp3) is 0.375. The normalized spacial score (nSPS) is 10.7. The van der Waals surface area contributed by atoms with E-state index in [-0.39, 0.29) is 12.1 Å². The van der Waals surface area contributed by atoms with Gasteiger partial charge >= 0.3 is 0 Å². The summed E-state index contributed by atoms with van der Waals surface area (Å²) in [5, 5.41) is 10.6. The lowest BCUT2D eigenvalue weighted by Gasteiger charge is -2.07. The van der Waals surface area contributed by atoms with Crippen molar-refractivity contribution in [1.82, 2.24) is 4.98 Å². The molecule has 0 aliphatic rings. The lowest BCUT2D eigenvalue weighted by atomic mass is 10.1. The van der Waals surface area contributed by atoms with E-state index in [2.05, 4.69) is 4.98 Å². The molecule has 7 heteroatoms. The fourth-order valence-corrected chi connectivity index (χ4v) is 1.25. The van der Waals surface area contributed by atoms with Gasteiger partial charge in [0.25, 0.3) is 12.1 Å². The van der Waals surface area contributed by atoms with Crippen molar-refractivity contribution in [3.8, 4) is 0 Å². The Hall–Kier alpha value is -1.63. The minimum atomic E-state index is -2.96. The average molecular weight is 217 g/mol. The van der Waals surface area contributed by atoms with Crippen LogP contribution >= 0.6 is 0 Å². The second kappa shape index (κ2) is 4.26. The van der Waals surface area contributed by atoms with E-state index in [1.165, 1.54) is 6.92 Å². The molecular weight excluding hydrogens is 208 g/mol. The van der Waals surface area contributed by atoms with Crippen LogP contribution in [0, 0.1) is 17.0 Å². The van der Waals surface area contributed by atoms with Crippen LogP contribution < -0.4 is 5.73 Å². The van der Waals surface area contributed by atoms with E-state index < -0.39 is 22.7 Å². The smallest absolute Gasteiger partial charge is 0.299 e. The number of rotatable bonds is 3. The van der Waals surface area contributed by atoms with Gasteiger partial charge in [-0.3, -0.25) is 10.1 Å². The van der Waals surface area contributed by atoms with E-state index in [0.29, 0.717) is 5.56 Å². The van der Waals surface area contributed by atoms with Gasteiger partial charge in [0.1, 0.15) is 0 Å². The van der Waals surface area contributed by atoms with Gasteiger partial charge in [-0.05, 0) is 12.5 Å². The number of nitro groups is 1. The van der Waals surface area contributed by atoms with E-state index in [0.717, 1.165) is 6.20 Å². The predicted octanol–water partition coefficient (Wildman–Crippen LogP) is 1.69. The van der Waals surface area contributed by atoms with Crippen molar-refractivity contribution in [2.24, 2.45) is 5.73 Å². The highest BCUT2D eigenvalue weighted by molar-refractivity contribution is 5.47. The Balaban J connectivity index is 3.44. The first kappa shape index (κ1) is 11.4. The third-order valence-corrected chi connectivity index (χ3v) is 2.05. The topological polar surface area (TPSA) is 82.0 Å². The van der Waals surface area contributed by atoms with Gasteiger partial charge in [-0.1, -0.05) is 0 Å². The first-order chi connectivity index (χ1) is 6.99. The standard InChI is InChI=1S/C8H9F2N3O2/c1-4-5(2-11)3-12-6(8(9)10)7(4)13(14)15/h3,8H,2,11H2,1H3. The molecule has 0 saturated carbocycles. The molecule has 0 saturated heterocycles. The van der Waals surface area contributed by atoms with Crippen molar-refractivity contribution in [2.45, 2.75) is 19.9 Å². The maximum absolute atomic E-state index is 12.4. The van der Waals surface area contributed by atoms with Crippen LogP contribution in [0.3, 0.4) is 0 Å². The first-order valence-electron chi connectivity index (χ1n) is 4.10. The Morgan fingerprint density at radius 1 is 1.67 bits per heavy atom. The van der Waals surface area contributed by atoms with Gasteiger partial charge in [0.2, 0.25) is 0 Å². The van der Waals surface area contributed by atoms with Crippen molar-refractivity contribution < 1.29 is 13.7 Å². The molecule has 5 nitrogen and oxygen atoms in total. The fourth-order valence-electron chi connectivity index (χ4n) is 1.25. The summed E-state index contributed by atoms with van der Waals surface area (Å²) < 4.78 is 24.8. The molecule has 0 amide bonds. The Bertz CT molecular complexity index is 396. The van der Waals surface area contributed by atoms with Gasteiger partial charge < -0.3 is 5.73 Å². The maximum atomic E-state index is 12.4. The summed E-state index contributed by atoms with van der Waals surface area (Å²) in [7, 11) is 0. The third-order valence-electron chi connectivity index (χ3n) is 2.05. The van der Waals surface area contributed by atoms with E-state index >= 15 is 0 Å². The number of alkyl halides is 2. The predicted molar refractivity (Wildman–Crippen MR) is 48.5 cm³/mol. The second-order valence-electron chi connectivity index (χ2n) is 2.90. The summed E-state index contributed by atoms with van der Waals surface area (Å²) in [6, 6.07) is 0. The van der Waals surface area contributed by atoms with Crippen molar-refractivity contribution in [2.75, 3.05) is 0 Å². The highest BCUT2D eigenvalue weighted by Crippen LogP contribution is 2.31. The summed E-state index contributed by atoms with van der Waals surface area (Å²) in [5.74, 6) is 0. The summed E-state index contributed by atoms with van der Waals surface area (Å²) >= 11 is 0. The zero-order chi connectivity index (χ0) is 11.6. The maximum Gasteiger partial charge on any atom is 0.299 e. The minimum absolute atomic E-state index is 0.0309. The molecule has 0 bridgehead atoms. The molecular formula is C8H9F2N3O2. The van der Waals surface area contributed by atoms with Crippen molar-refractivity contribution in [3.05, 3.63) is 33.1 Å². The average Bonchev–Trinajstić information content (AvgIpc) is 2.16. The molecule has 0 atom stereocenters. The lowest BCUT2D eigenvalue weighted by molar-refractivity contribution is -0.387. The Morgan fingerprint density at radius 3 is 2.67 bits per heavy atom. The molecule has 0 unspecified atom stereocenters. The molecule has 0 aliphatic carbocycles. The van der Waals surface area contributed by atoms with Crippen LogP contribution in [-0.2, 0) is 6.54 Å². The highest BCUT2D eigenvalue weighted by Gasteiger charge is 2.27. The van der Waals surface area contributed by atoms with Gasteiger partial charge in [0.15, 0.2) is 5.69 Å². The lowest BCUT2D eigenvalue weighted by Crippen LogP contribution is -2.07. The number of halogens is 2. The molecule has 0 aliphatic heterocycles. The summed E-state index contributed by atoms with van der Waals surface area (Å²) in [6.07, 6.45) is -1.82. The van der Waals surface area contributed by atoms with Gasteiger partial charge in [0.05, 0.1) is 4.92 Å². The molecule has 15 heavy (non-hydrogen) atoms. The van der Waals surface area contributed by atoms with Crippen LogP contribution in [0.15, 0.2) is 6.20 Å². The molecule has 1 aromatic heterocycles.